The van der Waals surface area contributed by atoms with Gasteiger partial charge in [0.05, 0.1) is 18.9 Å². The Balaban J connectivity index is 3.13. The first-order chi connectivity index (χ1) is 42.7. The zero-order valence-corrected chi connectivity index (χ0v) is 59.7. The van der Waals surface area contributed by atoms with E-state index in [4.69, 9.17) is 9.15 Å². The van der Waals surface area contributed by atoms with Crippen LogP contribution in [0.5, 0.6) is 0 Å². The number of hydrogen-bond donors (Lipinski definition) is 5. The fourth-order valence-corrected chi connectivity index (χ4v) is 11.5. The summed E-state index contributed by atoms with van der Waals surface area (Å²) in [5, 5.41) is 23.4. The van der Waals surface area contributed by atoms with Crippen LogP contribution in [0.3, 0.4) is 0 Å². The van der Waals surface area contributed by atoms with Gasteiger partial charge in [-0.25, -0.2) is 0 Å². The number of nitrogens with one attached hydrogen (secondary N) is 4. The third kappa shape index (κ3) is 21.3. The molecule has 5 N–H and O–H groups in total. The van der Waals surface area contributed by atoms with Crippen molar-refractivity contribution in [1.82, 2.24) is 55.6 Å². The summed E-state index contributed by atoms with van der Waals surface area (Å²) in [5.74, 6) is -10.8. The molecule has 1 fully saturated rings. The maximum Gasteiger partial charge on any atom is 0.276 e. The van der Waals surface area contributed by atoms with Gasteiger partial charge in [0, 0.05) is 55.3 Å². The minimum Gasteiger partial charge on any atom is -0.467 e. The van der Waals surface area contributed by atoms with E-state index in [1.165, 1.54) is 89.0 Å². The van der Waals surface area contributed by atoms with Gasteiger partial charge in [0.1, 0.15) is 66.7 Å². The number of amides is 11. The van der Waals surface area contributed by atoms with E-state index in [0.29, 0.717) is 0 Å². The van der Waals surface area contributed by atoms with Crippen LogP contribution in [-0.2, 0) is 64.1 Å². The van der Waals surface area contributed by atoms with Crippen LogP contribution in [-0.4, -0.2) is 226 Å². The first kappa shape index (κ1) is 81.2. The summed E-state index contributed by atoms with van der Waals surface area (Å²) in [6, 6.07) is -8.43. The molecule has 1 aliphatic heterocycles. The number of carbonyl (C=O) groups excluding carboxylic acids is 11. The molecule has 0 spiro atoms. The zero-order chi connectivity index (χ0) is 70.7. The van der Waals surface area contributed by atoms with Crippen molar-refractivity contribution in [2.45, 2.75) is 229 Å². The van der Waals surface area contributed by atoms with E-state index in [2.05, 4.69) is 21.3 Å². The van der Waals surface area contributed by atoms with Crippen molar-refractivity contribution in [2.75, 3.05) is 55.9 Å². The highest BCUT2D eigenvalue weighted by molar-refractivity contribution is 6.00. The van der Waals surface area contributed by atoms with Crippen molar-refractivity contribution < 1.29 is 67.0 Å². The molecule has 92 heavy (non-hydrogen) atoms. The van der Waals surface area contributed by atoms with E-state index >= 15 is 19.2 Å². The van der Waals surface area contributed by atoms with Gasteiger partial charge in [-0.3, -0.25) is 52.7 Å². The average Bonchev–Trinajstić information content (AvgIpc) is 0.813. The lowest BCUT2D eigenvalue weighted by molar-refractivity contribution is -0.213. The van der Waals surface area contributed by atoms with Gasteiger partial charge in [-0.1, -0.05) is 109 Å². The Morgan fingerprint density at radius 2 is 1.07 bits per heavy atom. The Bertz CT molecular complexity index is 2680. The second-order valence-electron chi connectivity index (χ2n) is 27.5. The monoisotopic (exact) mass is 1300 g/mol. The highest BCUT2D eigenvalue weighted by atomic mass is 16.5. The quantitative estimate of drug-likeness (QED) is 0.127. The number of ether oxygens (including phenoxy) is 1. The third-order valence-corrected chi connectivity index (χ3v) is 17.3. The molecule has 522 valence electrons. The van der Waals surface area contributed by atoms with Crippen molar-refractivity contribution >= 4 is 65.0 Å². The molecule has 0 aromatic carbocycles. The van der Waals surface area contributed by atoms with E-state index in [9.17, 15) is 38.7 Å². The molecule has 0 radical (unpaired) electrons. The van der Waals surface area contributed by atoms with Crippen molar-refractivity contribution in [2.24, 2.45) is 41.4 Å². The normalized spacial score (nSPS) is 26.6. The average molecular weight is 1300 g/mol. The topological polar surface area (TPSA) is 301 Å². The van der Waals surface area contributed by atoms with Crippen molar-refractivity contribution in [3.8, 4) is 0 Å². The van der Waals surface area contributed by atoms with Crippen molar-refractivity contribution in [1.29, 1.82) is 0 Å². The predicted molar refractivity (Wildman–Crippen MR) is 351 cm³/mol. The second kappa shape index (κ2) is 36.5. The lowest BCUT2D eigenvalue weighted by Crippen LogP contribution is -2.70. The minimum absolute atomic E-state index is 0.0252. The van der Waals surface area contributed by atoms with Crippen LogP contribution < -0.4 is 21.3 Å². The summed E-state index contributed by atoms with van der Waals surface area (Å²) in [6.45, 7) is 28.6. The summed E-state index contributed by atoms with van der Waals surface area (Å²) < 4.78 is 12.3. The smallest absolute Gasteiger partial charge is 0.276 e. The Labute approximate surface area is 548 Å². The molecule has 2 rings (SSSR count). The SMILES string of the molecule is C/C=C/C[C@@H](C)[C@@H](O)[C@H]1C(=O)N[C@@H](CC)C(=O)N(C)CC(=O)N(C)[C@@H](CC(C)C)C(=O)N[C@@H](C(C)C)C(=O)N(C)[C@@H](CC(C)C)C(=O)N[C@@H](C)C(=O)N[C@H](C)C(=O)N(C)[C@@H](CC(C)C)C(=O)N(C)[C@@H](CC(C)C)C(=O)N(C)[C@](OCc2ccco2)(C(C)C)C(=O)N1C. The lowest BCUT2D eigenvalue weighted by Gasteiger charge is -2.48. The van der Waals surface area contributed by atoms with Gasteiger partial charge >= 0.3 is 0 Å². The van der Waals surface area contributed by atoms with Gasteiger partial charge in [-0.05, 0) is 107 Å². The molecule has 0 unspecified atom stereocenters. The summed E-state index contributed by atoms with van der Waals surface area (Å²) >= 11 is 0. The number of aliphatic hydroxyl groups excluding tert-OH is 1. The summed E-state index contributed by atoms with van der Waals surface area (Å²) in [7, 11) is 9.70. The number of hydrogen-bond acceptors (Lipinski definition) is 14. The number of carbonyl (C=O) groups is 11. The van der Waals surface area contributed by atoms with Gasteiger partial charge in [0.15, 0.2) is 0 Å². The Kier molecular flexibility index (Phi) is 32.2. The zero-order valence-electron chi connectivity index (χ0n) is 59.7. The first-order valence-corrected chi connectivity index (χ1v) is 32.7. The van der Waals surface area contributed by atoms with E-state index in [0.717, 1.165) is 14.7 Å². The third-order valence-electron chi connectivity index (χ3n) is 17.3. The number of nitrogens with zero attached hydrogens (tertiary/aromatic N) is 7. The number of allylic oxidation sites excluding steroid dienone is 2. The van der Waals surface area contributed by atoms with Gasteiger partial charge in [-0.15, -0.1) is 0 Å². The fourth-order valence-electron chi connectivity index (χ4n) is 11.5. The van der Waals surface area contributed by atoms with Gasteiger partial charge in [0.2, 0.25) is 64.8 Å². The van der Waals surface area contributed by atoms with Crippen molar-refractivity contribution in [3.63, 3.8) is 0 Å². The van der Waals surface area contributed by atoms with Gasteiger partial charge in [-0.2, -0.15) is 0 Å². The highest BCUT2D eigenvalue weighted by Crippen LogP contribution is 2.34. The van der Waals surface area contributed by atoms with Crippen LogP contribution in [0.4, 0.5) is 0 Å². The Morgan fingerprint density at radius 3 is 1.54 bits per heavy atom. The molecule has 1 saturated heterocycles. The molecule has 1 aliphatic rings. The predicted octanol–water partition coefficient (Wildman–Crippen LogP) is 4.41. The molecule has 25 nitrogen and oxygen atoms in total. The number of furan rings is 1. The van der Waals surface area contributed by atoms with Crippen LogP contribution in [0.2, 0.25) is 0 Å². The van der Waals surface area contributed by atoms with Crippen LogP contribution in [0, 0.1) is 41.4 Å². The van der Waals surface area contributed by atoms with E-state index in [-0.39, 0.29) is 74.6 Å². The minimum atomic E-state index is -2.33. The molecular formula is C67H115N11O14. The molecule has 1 aromatic rings. The lowest BCUT2D eigenvalue weighted by atomic mass is 9.89. The molecule has 1 aromatic heterocycles. The first-order valence-electron chi connectivity index (χ1n) is 32.7. The fraction of sp³-hybridized carbons (Fsp3) is 0.746. The standard InChI is InChI=1S/C67H115N11O14/c1-25-27-29-44(15)56(80)55-60(84)70-48(26-2)62(86)72(18)36-53(79)73(19)49(32-38(3)4)59(83)71-54(42(11)12)65(89)74(20)50(33-39(5)6)58(82)68-45(16)57(81)69-46(17)61(85)75(21)51(34-40(7)8)63(87)76(22)52(35-41(9)10)64(88)78(24)67(43(13)14,66(90)77(55)23)92-37-47-30-28-31-91-47/h25,27-28,30-31,38-46,48-52,54-56,80H,26,29,32-37H2,1-24H3,(H,68,82)(H,69,81)(H,70,84)(H,71,83)/b27-25+/t44-,45+,46-,48+,49+,50+,51+,52+,54+,55+,56-,67+/m1/s1. The maximum absolute atomic E-state index is 16.1. The molecular weight excluding hydrogens is 1180 g/mol. The molecule has 0 bridgehead atoms. The van der Waals surface area contributed by atoms with Crippen LogP contribution in [0.1, 0.15) is 162 Å². The number of likely N-dealkylation sites (N-methyl/N-ethyl adjacent to an activating group) is 7. The van der Waals surface area contributed by atoms with Crippen LogP contribution in [0.15, 0.2) is 35.0 Å². The molecule has 11 amide bonds. The molecule has 2 heterocycles. The molecule has 25 heteroatoms. The maximum atomic E-state index is 16.1. The molecule has 12 atom stereocenters. The summed E-state index contributed by atoms with van der Waals surface area (Å²) in [4.78, 5) is 171. The highest BCUT2D eigenvalue weighted by Gasteiger charge is 2.55. The summed E-state index contributed by atoms with van der Waals surface area (Å²) in [6.07, 6.45) is 4.01. The van der Waals surface area contributed by atoms with E-state index < -0.39 is 155 Å². The largest absolute Gasteiger partial charge is 0.467 e. The van der Waals surface area contributed by atoms with Crippen molar-refractivity contribution in [3.05, 3.63) is 36.3 Å². The van der Waals surface area contributed by atoms with Crippen LogP contribution in [0.25, 0.3) is 0 Å². The van der Waals surface area contributed by atoms with Gasteiger partial charge in [0.25, 0.3) is 5.91 Å². The van der Waals surface area contributed by atoms with E-state index in [1.54, 1.807) is 72.8 Å². The van der Waals surface area contributed by atoms with Crippen LogP contribution >= 0.6 is 0 Å². The van der Waals surface area contributed by atoms with E-state index in [1.807, 2.05) is 55.4 Å². The Morgan fingerprint density at radius 1 is 0.587 bits per heavy atom. The second-order valence-corrected chi connectivity index (χ2v) is 27.5. The number of rotatable bonds is 18. The molecule has 0 saturated carbocycles. The molecule has 0 aliphatic carbocycles. The summed E-state index contributed by atoms with van der Waals surface area (Å²) in [5.41, 5.74) is -2.33. The Hall–Kier alpha value is -6.89. The van der Waals surface area contributed by atoms with Gasteiger partial charge < -0.3 is 69.8 Å². The number of aliphatic hydroxyl groups is 1.